The summed E-state index contributed by atoms with van der Waals surface area (Å²) in [6.07, 6.45) is -4.13. The Bertz CT molecular complexity index is 365. The van der Waals surface area contributed by atoms with Crippen LogP contribution in [0.2, 0.25) is 0 Å². The molecule has 1 aliphatic heterocycles. The normalized spacial score (nSPS) is 29.7. The highest BCUT2D eigenvalue weighted by molar-refractivity contribution is 5.88. The fourth-order valence-electron chi connectivity index (χ4n) is 2.12. The van der Waals surface area contributed by atoms with Gasteiger partial charge in [-0.2, -0.15) is 18.4 Å². The molecule has 0 aromatic rings. The maximum Gasteiger partial charge on any atom is 0.405 e. The van der Waals surface area contributed by atoms with Crippen molar-refractivity contribution in [2.45, 2.75) is 51.9 Å². The summed E-state index contributed by atoms with van der Waals surface area (Å²) < 4.78 is 38.4. The molecule has 0 aliphatic carbocycles. The Kier molecular flexibility index (Phi) is 4.06. The monoisotopic (exact) mass is 262 g/mol. The number of ketones is 1. The molecular formula is C12H17F3N2O. The molecule has 0 aromatic carbocycles. The van der Waals surface area contributed by atoms with Crippen molar-refractivity contribution >= 4 is 5.78 Å². The lowest BCUT2D eigenvalue weighted by atomic mass is 9.79. The van der Waals surface area contributed by atoms with Crippen molar-refractivity contribution < 1.29 is 18.0 Å². The summed E-state index contributed by atoms with van der Waals surface area (Å²) in [5.41, 5.74) is -0.687. The van der Waals surface area contributed by atoms with Gasteiger partial charge in [0, 0.05) is 5.41 Å². The van der Waals surface area contributed by atoms with Gasteiger partial charge in [0.25, 0.3) is 0 Å². The quantitative estimate of drug-likeness (QED) is 0.789. The van der Waals surface area contributed by atoms with E-state index in [2.05, 4.69) is 5.32 Å². The van der Waals surface area contributed by atoms with Crippen molar-refractivity contribution in [2.24, 2.45) is 11.3 Å². The van der Waals surface area contributed by atoms with E-state index < -0.39 is 29.6 Å². The molecule has 18 heavy (non-hydrogen) atoms. The minimum absolute atomic E-state index is 0.0974. The average Bonchev–Trinajstić information content (AvgIpc) is 2.24. The van der Waals surface area contributed by atoms with E-state index in [1.165, 1.54) is 0 Å². The molecule has 0 spiro atoms. The molecule has 3 atom stereocenters. The first-order chi connectivity index (χ1) is 8.07. The van der Waals surface area contributed by atoms with Gasteiger partial charge in [0.2, 0.25) is 0 Å². The lowest BCUT2D eigenvalue weighted by molar-refractivity contribution is -0.172. The Balaban J connectivity index is 2.86. The van der Waals surface area contributed by atoms with Gasteiger partial charge >= 0.3 is 6.18 Å². The lowest BCUT2D eigenvalue weighted by Crippen LogP contribution is -2.58. The number of hydrogen-bond acceptors (Lipinski definition) is 3. The van der Waals surface area contributed by atoms with Crippen molar-refractivity contribution in [1.82, 2.24) is 5.32 Å². The molecule has 3 unspecified atom stereocenters. The molecule has 0 bridgehead atoms. The molecule has 0 aromatic heterocycles. The van der Waals surface area contributed by atoms with E-state index in [0.29, 0.717) is 0 Å². The number of nitrogens with zero attached hydrogens (tertiary/aromatic N) is 1. The highest BCUT2D eigenvalue weighted by atomic mass is 19.4. The predicted octanol–water partition coefficient (Wildman–Crippen LogP) is 2.42. The highest BCUT2D eigenvalue weighted by Gasteiger charge is 2.49. The van der Waals surface area contributed by atoms with E-state index in [-0.39, 0.29) is 18.6 Å². The number of Topliss-reactive ketones (excluding diaryl/α,β-unsaturated/α-hetero) is 1. The van der Waals surface area contributed by atoms with Gasteiger partial charge in [0.05, 0.1) is 18.0 Å². The van der Waals surface area contributed by atoms with Crippen LogP contribution in [-0.2, 0) is 4.79 Å². The Morgan fingerprint density at radius 3 is 2.22 bits per heavy atom. The summed E-state index contributed by atoms with van der Waals surface area (Å²) in [5, 5.41) is 11.0. The summed E-state index contributed by atoms with van der Waals surface area (Å²) in [4.78, 5) is 12.0. The fraction of sp³-hybridized carbons (Fsp3) is 0.833. The molecule has 6 heteroatoms. The van der Waals surface area contributed by atoms with Crippen molar-refractivity contribution in [1.29, 1.82) is 5.26 Å². The number of nitriles is 1. The van der Waals surface area contributed by atoms with Gasteiger partial charge in [-0.3, -0.25) is 10.1 Å². The van der Waals surface area contributed by atoms with Crippen molar-refractivity contribution in [2.75, 3.05) is 0 Å². The number of rotatable bonds is 1. The van der Waals surface area contributed by atoms with Gasteiger partial charge in [-0.15, -0.1) is 0 Å². The third-order valence-corrected chi connectivity index (χ3v) is 3.12. The second kappa shape index (κ2) is 4.88. The predicted molar refractivity (Wildman–Crippen MR) is 59.6 cm³/mol. The number of piperidine rings is 1. The van der Waals surface area contributed by atoms with Crippen LogP contribution >= 0.6 is 0 Å². The first-order valence-electron chi connectivity index (χ1n) is 5.84. The molecule has 1 N–H and O–H groups in total. The van der Waals surface area contributed by atoms with Crippen LogP contribution < -0.4 is 5.32 Å². The summed E-state index contributed by atoms with van der Waals surface area (Å²) in [5.74, 6) is -1.36. The molecule has 1 heterocycles. The van der Waals surface area contributed by atoms with Crippen molar-refractivity contribution in [3.05, 3.63) is 0 Å². The molecule has 0 saturated carbocycles. The maximum absolute atomic E-state index is 12.8. The Hall–Kier alpha value is -1.09. The van der Waals surface area contributed by atoms with Gasteiger partial charge in [0.15, 0.2) is 5.78 Å². The van der Waals surface area contributed by atoms with E-state index in [1.54, 1.807) is 26.8 Å². The Labute approximate surface area is 104 Å². The van der Waals surface area contributed by atoms with Crippen molar-refractivity contribution in [3.8, 4) is 6.07 Å². The molecule has 1 fully saturated rings. The van der Waals surface area contributed by atoms with Crippen LogP contribution in [-0.4, -0.2) is 24.0 Å². The van der Waals surface area contributed by atoms with E-state index >= 15 is 0 Å². The molecule has 102 valence electrons. The topological polar surface area (TPSA) is 52.9 Å². The maximum atomic E-state index is 12.8. The highest BCUT2D eigenvalue weighted by Crippen LogP contribution is 2.33. The second-order valence-electron chi connectivity index (χ2n) is 5.67. The first kappa shape index (κ1) is 15.0. The van der Waals surface area contributed by atoms with Gasteiger partial charge < -0.3 is 0 Å². The molecule has 3 nitrogen and oxygen atoms in total. The van der Waals surface area contributed by atoms with Crippen molar-refractivity contribution in [3.63, 3.8) is 0 Å². The van der Waals surface area contributed by atoms with E-state index in [4.69, 9.17) is 5.26 Å². The van der Waals surface area contributed by atoms with Gasteiger partial charge in [0.1, 0.15) is 6.04 Å². The van der Waals surface area contributed by atoms with Gasteiger partial charge in [-0.05, 0) is 12.8 Å². The Morgan fingerprint density at radius 2 is 1.83 bits per heavy atom. The number of carbonyl (C=O) groups is 1. The number of alkyl halides is 3. The molecular weight excluding hydrogens is 245 g/mol. The Morgan fingerprint density at radius 1 is 1.28 bits per heavy atom. The van der Waals surface area contributed by atoms with Crippen LogP contribution in [0.25, 0.3) is 0 Å². The summed E-state index contributed by atoms with van der Waals surface area (Å²) in [6.45, 7) is 5.03. The molecule has 1 rings (SSSR count). The smallest absolute Gasteiger partial charge is 0.297 e. The SMILES string of the molecule is CC(C)(C)C(=O)C1CCC(C#N)C(C(F)(F)F)N1. The van der Waals surface area contributed by atoms with Crippen LogP contribution in [0.3, 0.4) is 0 Å². The van der Waals surface area contributed by atoms with Gasteiger partial charge in [-0.1, -0.05) is 20.8 Å². The number of halogens is 3. The van der Waals surface area contributed by atoms with E-state index in [0.717, 1.165) is 0 Å². The number of nitrogens with one attached hydrogen (secondary N) is 1. The van der Waals surface area contributed by atoms with E-state index in [9.17, 15) is 18.0 Å². The fourth-order valence-corrected chi connectivity index (χ4v) is 2.12. The third-order valence-electron chi connectivity index (χ3n) is 3.12. The summed E-state index contributed by atoms with van der Waals surface area (Å²) in [6, 6.07) is -1.06. The molecule has 1 saturated heterocycles. The molecule has 1 aliphatic rings. The summed E-state index contributed by atoms with van der Waals surface area (Å²) >= 11 is 0. The van der Waals surface area contributed by atoms with Crippen LogP contribution in [0, 0.1) is 22.7 Å². The summed E-state index contributed by atoms with van der Waals surface area (Å²) in [7, 11) is 0. The van der Waals surface area contributed by atoms with Crippen LogP contribution in [0.4, 0.5) is 13.2 Å². The van der Waals surface area contributed by atoms with Crippen LogP contribution in [0.15, 0.2) is 0 Å². The average molecular weight is 262 g/mol. The second-order valence-corrected chi connectivity index (χ2v) is 5.67. The number of hydrogen-bond donors (Lipinski definition) is 1. The zero-order valence-electron chi connectivity index (χ0n) is 10.6. The molecule has 0 radical (unpaired) electrons. The zero-order chi connectivity index (χ0) is 14.1. The first-order valence-corrected chi connectivity index (χ1v) is 5.84. The minimum Gasteiger partial charge on any atom is -0.297 e. The third kappa shape index (κ3) is 3.22. The van der Waals surface area contributed by atoms with Crippen LogP contribution in [0.5, 0.6) is 0 Å². The largest absolute Gasteiger partial charge is 0.405 e. The lowest BCUT2D eigenvalue weighted by Gasteiger charge is -2.36. The van der Waals surface area contributed by atoms with E-state index in [1.807, 2.05) is 0 Å². The molecule has 0 amide bonds. The zero-order valence-corrected chi connectivity index (χ0v) is 10.6. The standard InChI is InChI=1S/C12H17F3N2O/c1-11(2,3)10(18)8-5-4-7(6-16)9(17-8)12(13,14)15/h7-9,17H,4-5H2,1-3H3. The minimum atomic E-state index is -4.50. The van der Waals surface area contributed by atoms with Crippen LogP contribution in [0.1, 0.15) is 33.6 Å². The van der Waals surface area contributed by atoms with Gasteiger partial charge in [-0.25, -0.2) is 0 Å². The number of carbonyl (C=O) groups excluding carboxylic acids is 1.